The van der Waals surface area contributed by atoms with Crippen LogP contribution in [0.25, 0.3) is 0 Å². The van der Waals surface area contributed by atoms with E-state index in [2.05, 4.69) is 69.3 Å². The molecular formula is C37H44O6Si. The molecule has 4 aromatic rings. The van der Waals surface area contributed by atoms with Gasteiger partial charge in [0.25, 0.3) is 8.32 Å². The van der Waals surface area contributed by atoms with E-state index in [1.54, 1.807) is 0 Å². The average Bonchev–Trinajstić information content (AvgIpc) is 3.05. The van der Waals surface area contributed by atoms with Crippen molar-refractivity contribution in [1.29, 1.82) is 0 Å². The molecule has 1 heterocycles. The molecule has 0 spiro atoms. The minimum atomic E-state index is -2.87. The van der Waals surface area contributed by atoms with E-state index in [0.29, 0.717) is 13.2 Å². The molecule has 2 unspecified atom stereocenters. The molecule has 0 aliphatic carbocycles. The lowest BCUT2D eigenvalue weighted by Crippen LogP contribution is -2.68. The lowest BCUT2D eigenvalue weighted by atomic mass is 9.98. The van der Waals surface area contributed by atoms with Crippen LogP contribution in [-0.4, -0.2) is 57.8 Å². The maximum atomic E-state index is 11.4. The van der Waals surface area contributed by atoms with Gasteiger partial charge in [0.1, 0.15) is 24.4 Å². The predicted octanol–water partition coefficient (Wildman–Crippen LogP) is 5.47. The number of hydrogen-bond acceptors (Lipinski definition) is 6. The summed E-state index contributed by atoms with van der Waals surface area (Å²) in [5.41, 5.74) is 2.02. The summed E-state index contributed by atoms with van der Waals surface area (Å²) in [6.45, 7) is 7.62. The Balaban J connectivity index is 1.50. The van der Waals surface area contributed by atoms with Crippen LogP contribution in [0.1, 0.15) is 31.9 Å². The molecule has 1 saturated heterocycles. The van der Waals surface area contributed by atoms with Crippen LogP contribution in [0.4, 0.5) is 0 Å². The van der Waals surface area contributed by atoms with Crippen molar-refractivity contribution in [3.8, 4) is 0 Å². The second-order valence-electron chi connectivity index (χ2n) is 12.3. The largest absolute Gasteiger partial charge is 0.405 e. The molecule has 5 rings (SSSR count). The molecule has 232 valence electrons. The maximum absolute atomic E-state index is 11.4. The van der Waals surface area contributed by atoms with Gasteiger partial charge in [-0.3, -0.25) is 0 Å². The van der Waals surface area contributed by atoms with Crippen LogP contribution in [0, 0.1) is 0 Å². The first kappa shape index (κ1) is 32.3. The van der Waals surface area contributed by atoms with Crippen molar-refractivity contribution < 1.29 is 28.5 Å². The van der Waals surface area contributed by atoms with E-state index in [0.717, 1.165) is 11.1 Å². The molecule has 4 aromatic carbocycles. The van der Waals surface area contributed by atoms with Gasteiger partial charge in [0.2, 0.25) is 0 Å². The summed E-state index contributed by atoms with van der Waals surface area (Å²) in [6.07, 6.45) is -3.88. The third kappa shape index (κ3) is 7.21. The molecule has 44 heavy (non-hydrogen) atoms. The second kappa shape index (κ2) is 14.8. The highest BCUT2D eigenvalue weighted by atomic mass is 28.4. The van der Waals surface area contributed by atoms with Crippen LogP contribution < -0.4 is 10.4 Å². The lowest BCUT2D eigenvalue weighted by molar-refractivity contribution is -0.310. The fourth-order valence-electron chi connectivity index (χ4n) is 6.12. The summed E-state index contributed by atoms with van der Waals surface area (Å²) >= 11 is 0. The molecule has 0 bridgehead atoms. The van der Waals surface area contributed by atoms with Gasteiger partial charge in [-0.2, -0.15) is 0 Å². The average molecular weight is 613 g/mol. The zero-order valence-electron chi connectivity index (χ0n) is 26.0. The summed E-state index contributed by atoms with van der Waals surface area (Å²) in [4.78, 5) is 0. The number of rotatable bonds is 12. The van der Waals surface area contributed by atoms with E-state index in [9.17, 15) is 5.11 Å². The Bertz CT molecular complexity index is 1360. The van der Waals surface area contributed by atoms with E-state index < -0.39 is 39.0 Å². The van der Waals surface area contributed by atoms with Crippen molar-refractivity contribution in [3.05, 3.63) is 132 Å². The molecule has 0 radical (unpaired) electrons. The normalized spacial score (nSPS) is 22.5. The minimum Gasteiger partial charge on any atom is -0.405 e. The van der Waals surface area contributed by atoms with E-state index >= 15 is 0 Å². The van der Waals surface area contributed by atoms with Crippen LogP contribution in [0.3, 0.4) is 0 Å². The van der Waals surface area contributed by atoms with Crippen LogP contribution in [0.2, 0.25) is 5.04 Å². The van der Waals surface area contributed by atoms with Crippen molar-refractivity contribution in [1.82, 2.24) is 0 Å². The summed E-state index contributed by atoms with van der Waals surface area (Å²) in [7, 11) is -1.34. The Morgan fingerprint density at radius 3 is 1.52 bits per heavy atom. The van der Waals surface area contributed by atoms with E-state index in [1.807, 2.05) is 72.8 Å². The van der Waals surface area contributed by atoms with Crippen LogP contribution >= 0.6 is 0 Å². The zero-order chi connectivity index (χ0) is 31.0. The maximum Gasteiger partial charge on any atom is 0.261 e. The van der Waals surface area contributed by atoms with Gasteiger partial charge in [-0.05, 0) is 26.5 Å². The number of hydrogen-bond donors (Lipinski definition) is 1. The Morgan fingerprint density at radius 2 is 1.09 bits per heavy atom. The third-order valence-corrected chi connectivity index (χ3v) is 13.3. The van der Waals surface area contributed by atoms with E-state index in [1.165, 1.54) is 17.5 Å². The zero-order valence-corrected chi connectivity index (χ0v) is 27.0. The highest BCUT2D eigenvalue weighted by molar-refractivity contribution is 6.99. The van der Waals surface area contributed by atoms with E-state index in [-0.39, 0.29) is 11.6 Å². The number of ether oxygens (including phenoxy) is 4. The molecule has 1 N–H and O–H groups in total. The Morgan fingerprint density at radius 1 is 0.659 bits per heavy atom. The number of aliphatic hydroxyl groups excluding tert-OH is 1. The van der Waals surface area contributed by atoms with Crippen LogP contribution in [-0.2, 0) is 36.6 Å². The van der Waals surface area contributed by atoms with Gasteiger partial charge in [0.05, 0.1) is 19.8 Å². The Kier molecular flexibility index (Phi) is 10.8. The highest BCUT2D eigenvalue weighted by Crippen LogP contribution is 2.38. The molecule has 1 aliphatic heterocycles. The number of aliphatic hydroxyl groups is 1. The molecule has 1 fully saturated rings. The van der Waals surface area contributed by atoms with Crippen molar-refractivity contribution in [2.45, 2.75) is 69.7 Å². The molecule has 1 aliphatic rings. The topological polar surface area (TPSA) is 66.4 Å². The quantitative estimate of drug-likeness (QED) is 0.214. The summed E-state index contributed by atoms with van der Waals surface area (Å²) in [5.74, 6) is 0. The van der Waals surface area contributed by atoms with Crippen LogP contribution in [0.5, 0.6) is 0 Å². The number of benzene rings is 4. The summed E-state index contributed by atoms with van der Waals surface area (Å²) in [5, 5.41) is 13.6. The minimum absolute atomic E-state index is 0.214. The van der Waals surface area contributed by atoms with Crippen molar-refractivity contribution in [2.24, 2.45) is 0 Å². The van der Waals surface area contributed by atoms with Gasteiger partial charge in [0, 0.05) is 7.11 Å². The SMILES string of the molecule is CO[C@@H]1OC(CO[Si](c2ccccc2)(c2ccccc2)C(C)(C)C)[C@@H](OCc2ccccc2)[C@@H](OCc2ccccc2)C1O. The smallest absolute Gasteiger partial charge is 0.261 e. The van der Waals surface area contributed by atoms with Gasteiger partial charge in [-0.1, -0.05) is 142 Å². The second-order valence-corrected chi connectivity index (χ2v) is 16.6. The number of methoxy groups -OCH3 is 1. The monoisotopic (exact) mass is 612 g/mol. The standard InChI is InChI=1S/C37H44O6Si/c1-37(2,3)44(30-21-13-7-14-22-30,31-23-15-8-16-24-31)42-27-32-34(40-25-28-17-9-5-10-18-28)35(33(38)36(39-4)43-32)41-26-29-19-11-6-12-20-29/h5-24,32-36,38H,25-27H2,1-4H3/t32?,33?,34-,35+,36-/m1/s1. The van der Waals surface area contributed by atoms with Crippen molar-refractivity contribution in [3.63, 3.8) is 0 Å². The predicted molar refractivity (Wildman–Crippen MR) is 175 cm³/mol. The first-order valence-electron chi connectivity index (χ1n) is 15.3. The van der Waals surface area contributed by atoms with Crippen LogP contribution in [0.15, 0.2) is 121 Å². The fraction of sp³-hybridized carbons (Fsp3) is 0.351. The molecule has 7 heteroatoms. The van der Waals surface area contributed by atoms with Gasteiger partial charge in [-0.15, -0.1) is 0 Å². The fourth-order valence-corrected chi connectivity index (χ4v) is 10.7. The molecular weight excluding hydrogens is 568 g/mol. The molecule has 0 saturated carbocycles. The van der Waals surface area contributed by atoms with Gasteiger partial charge in [0.15, 0.2) is 6.29 Å². The van der Waals surface area contributed by atoms with Crippen molar-refractivity contribution in [2.75, 3.05) is 13.7 Å². The Labute approximate surface area is 262 Å². The van der Waals surface area contributed by atoms with E-state index in [4.69, 9.17) is 23.4 Å². The highest BCUT2D eigenvalue weighted by Gasteiger charge is 2.53. The molecule has 0 aromatic heterocycles. The lowest BCUT2D eigenvalue weighted by Gasteiger charge is -2.47. The molecule has 6 nitrogen and oxygen atoms in total. The Hall–Kier alpha value is -3.14. The first-order chi connectivity index (χ1) is 21.3. The van der Waals surface area contributed by atoms with Gasteiger partial charge in [-0.25, -0.2) is 0 Å². The summed E-state index contributed by atoms with van der Waals surface area (Å²) < 4.78 is 32.4. The molecule has 5 atom stereocenters. The van der Waals surface area contributed by atoms with Gasteiger partial charge >= 0.3 is 0 Å². The van der Waals surface area contributed by atoms with Gasteiger partial charge < -0.3 is 28.5 Å². The summed E-state index contributed by atoms with van der Waals surface area (Å²) in [6, 6.07) is 40.9. The first-order valence-corrected chi connectivity index (χ1v) is 17.2. The third-order valence-electron chi connectivity index (χ3n) is 8.30. The van der Waals surface area contributed by atoms with Crippen molar-refractivity contribution >= 4 is 18.7 Å². The molecule has 0 amide bonds.